The lowest BCUT2D eigenvalue weighted by molar-refractivity contribution is -0.145. The Kier molecular flexibility index (Phi) is 3.93. The number of hydrogen-bond acceptors (Lipinski definition) is 4. The predicted octanol–water partition coefficient (Wildman–Crippen LogP) is 2.00. The van der Waals surface area contributed by atoms with E-state index in [0.717, 1.165) is 0 Å². The number of imide groups is 1. The SMILES string of the molecule is CC[C@@H](C)N1C(=O)[C@H]2[C@@H](C1=O)[C@]1(N[C@H]2C(C)C)C(=O)Nc2ccc(F)cc21. The molecular formula is C20H24FN3O3. The van der Waals surface area contributed by atoms with Crippen LogP contribution in [-0.4, -0.2) is 34.7 Å². The largest absolute Gasteiger partial charge is 0.324 e. The molecule has 0 aliphatic carbocycles. The van der Waals surface area contributed by atoms with Crippen LogP contribution >= 0.6 is 0 Å². The molecule has 2 N–H and O–H groups in total. The summed E-state index contributed by atoms with van der Waals surface area (Å²) in [6.07, 6.45) is 0.640. The summed E-state index contributed by atoms with van der Waals surface area (Å²) in [5.41, 5.74) is -0.511. The van der Waals surface area contributed by atoms with Crippen molar-refractivity contribution in [2.45, 2.75) is 51.7 Å². The number of rotatable bonds is 3. The van der Waals surface area contributed by atoms with E-state index in [0.29, 0.717) is 17.7 Å². The molecule has 1 aromatic rings. The van der Waals surface area contributed by atoms with Crippen LogP contribution in [0.2, 0.25) is 0 Å². The third-order valence-electron chi connectivity index (χ3n) is 6.40. The van der Waals surface area contributed by atoms with Crippen LogP contribution in [0.25, 0.3) is 0 Å². The fraction of sp³-hybridized carbons (Fsp3) is 0.550. The van der Waals surface area contributed by atoms with Crippen molar-refractivity contribution >= 4 is 23.4 Å². The Hall–Kier alpha value is -2.28. The fourth-order valence-corrected chi connectivity index (χ4v) is 4.92. The molecule has 27 heavy (non-hydrogen) atoms. The van der Waals surface area contributed by atoms with Gasteiger partial charge in [0.1, 0.15) is 11.4 Å². The van der Waals surface area contributed by atoms with Crippen LogP contribution < -0.4 is 10.6 Å². The number of hydrogen-bond donors (Lipinski definition) is 2. The van der Waals surface area contributed by atoms with E-state index in [1.807, 2.05) is 27.7 Å². The molecule has 0 aromatic heterocycles. The second kappa shape index (κ2) is 5.86. The number of carbonyl (C=O) groups excluding carboxylic acids is 3. The van der Waals surface area contributed by atoms with Gasteiger partial charge in [0, 0.05) is 23.3 Å². The average Bonchev–Trinajstić information content (AvgIpc) is 3.20. The molecule has 0 unspecified atom stereocenters. The van der Waals surface area contributed by atoms with Gasteiger partial charge in [-0.2, -0.15) is 0 Å². The predicted molar refractivity (Wildman–Crippen MR) is 97.1 cm³/mol. The van der Waals surface area contributed by atoms with Crippen molar-refractivity contribution in [3.05, 3.63) is 29.6 Å². The number of halogens is 1. The molecule has 6 nitrogen and oxygen atoms in total. The van der Waals surface area contributed by atoms with Crippen molar-refractivity contribution in [1.82, 2.24) is 10.2 Å². The lowest BCUT2D eigenvalue weighted by atomic mass is 9.76. The molecular weight excluding hydrogens is 349 g/mol. The number of fused-ring (bicyclic) bond motifs is 4. The lowest BCUT2D eigenvalue weighted by Gasteiger charge is -2.31. The Bertz CT molecular complexity index is 855. The van der Waals surface area contributed by atoms with Gasteiger partial charge in [0.15, 0.2) is 0 Å². The molecule has 2 fully saturated rings. The maximum atomic E-state index is 14.0. The quantitative estimate of drug-likeness (QED) is 0.795. The number of benzene rings is 1. The zero-order valence-corrected chi connectivity index (χ0v) is 15.9. The minimum Gasteiger partial charge on any atom is -0.324 e. The Labute approximate surface area is 157 Å². The van der Waals surface area contributed by atoms with Crippen molar-refractivity contribution < 1.29 is 18.8 Å². The van der Waals surface area contributed by atoms with E-state index in [9.17, 15) is 18.8 Å². The molecule has 4 rings (SSSR count). The molecule has 0 bridgehead atoms. The lowest BCUT2D eigenvalue weighted by Crippen LogP contribution is -2.54. The van der Waals surface area contributed by atoms with Gasteiger partial charge in [-0.3, -0.25) is 24.6 Å². The minimum atomic E-state index is -1.41. The van der Waals surface area contributed by atoms with E-state index >= 15 is 0 Å². The molecule has 3 aliphatic rings. The van der Waals surface area contributed by atoms with Gasteiger partial charge in [0.25, 0.3) is 0 Å². The Morgan fingerprint density at radius 3 is 2.52 bits per heavy atom. The van der Waals surface area contributed by atoms with Crippen LogP contribution in [-0.2, 0) is 19.9 Å². The average molecular weight is 373 g/mol. The molecule has 3 aliphatic heterocycles. The zero-order chi connectivity index (χ0) is 19.7. The van der Waals surface area contributed by atoms with Gasteiger partial charge in [-0.1, -0.05) is 20.8 Å². The first-order valence-electron chi connectivity index (χ1n) is 9.50. The number of carbonyl (C=O) groups is 3. The summed E-state index contributed by atoms with van der Waals surface area (Å²) in [6, 6.07) is 3.49. The maximum absolute atomic E-state index is 14.0. The van der Waals surface area contributed by atoms with E-state index in [-0.39, 0.29) is 29.8 Å². The number of nitrogens with one attached hydrogen (secondary N) is 2. The van der Waals surface area contributed by atoms with Crippen LogP contribution in [0.15, 0.2) is 18.2 Å². The van der Waals surface area contributed by atoms with Crippen molar-refractivity contribution in [3.8, 4) is 0 Å². The van der Waals surface area contributed by atoms with E-state index in [2.05, 4.69) is 10.6 Å². The van der Waals surface area contributed by atoms with E-state index < -0.39 is 29.1 Å². The molecule has 3 amide bonds. The molecule has 144 valence electrons. The number of anilines is 1. The van der Waals surface area contributed by atoms with E-state index in [1.165, 1.54) is 23.1 Å². The Balaban J connectivity index is 1.92. The smallest absolute Gasteiger partial charge is 0.250 e. The second-order valence-electron chi connectivity index (χ2n) is 8.17. The summed E-state index contributed by atoms with van der Waals surface area (Å²) in [6.45, 7) is 7.66. The van der Waals surface area contributed by atoms with Crippen LogP contribution in [0.4, 0.5) is 10.1 Å². The summed E-state index contributed by atoms with van der Waals surface area (Å²) < 4.78 is 14.0. The molecule has 3 heterocycles. The summed E-state index contributed by atoms with van der Waals surface area (Å²) in [5.74, 6) is -2.93. The zero-order valence-electron chi connectivity index (χ0n) is 15.9. The summed E-state index contributed by atoms with van der Waals surface area (Å²) >= 11 is 0. The van der Waals surface area contributed by atoms with Crippen molar-refractivity contribution in [2.24, 2.45) is 17.8 Å². The van der Waals surface area contributed by atoms with Crippen molar-refractivity contribution in [2.75, 3.05) is 5.32 Å². The van der Waals surface area contributed by atoms with Gasteiger partial charge < -0.3 is 5.32 Å². The summed E-state index contributed by atoms with van der Waals surface area (Å²) in [4.78, 5) is 41.0. The molecule has 0 radical (unpaired) electrons. The molecule has 1 aromatic carbocycles. The van der Waals surface area contributed by atoms with Crippen LogP contribution in [0.5, 0.6) is 0 Å². The molecule has 7 heteroatoms. The van der Waals surface area contributed by atoms with Gasteiger partial charge in [0.2, 0.25) is 17.7 Å². The Morgan fingerprint density at radius 1 is 1.19 bits per heavy atom. The minimum absolute atomic E-state index is 0.0240. The van der Waals surface area contributed by atoms with E-state index in [4.69, 9.17) is 0 Å². The summed E-state index contributed by atoms with van der Waals surface area (Å²) in [7, 11) is 0. The maximum Gasteiger partial charge on any atom is 0.250 e. The highest BCUT2D eigenvalue weighted by Crippen LogP contribution is 2.54. The first-order chi connectivity index (χ1) is 12.7. The second-order valence-corrected chi connectivity index (χ2v) is 8.17. The van der Waals surface area contributed by atoms with Gasteiger partial charge in [-0.25, -0.2) is 4.39 Å². The Morgan fingerprint density at radius 2 is 1.89 bits per heavy atom. The summed E-state index contributed by atoms with van der Waals surface area (Å²) in [5, 5.41) is 6.07. The molecule has 2 saturated heterocycles. The topological polar surface area (TPSA) is 78.5 Å². The highest BCUT2D eigenvalue weighted by molar-refractivity contribution is 6.15. The van der Waals surface area contributed by atoms with Crippen LogP contribution in [0.1, 0.15) is 39.7 Å². The highest BCUT2D eigenvalue weighted by atomic mass is 19.1. The van der Waals surface area contributed by atoms with E-state index in [1.54, 1.807) is 0 Å². The van der Waals surface area contributed by atoms with Gasteiger partial charge in [-0.05, 0) is 37.5 Å². The van der Waals surface area contributed by atoms with Crippen molar-refractivity contribution in [3.63, 3.8) is 0 Å². The fourth-order valence-electron chi connectivity index (χ4n) is 4.92. The standard InChI is InChI=1S/C20H24FN3O3/c1-5-10(4)24-17(25)14-15(18(24)26)20(23-16(14)9(2)3)12-8-11(21)6-7-13(12)22-19(20)27/h6-10,14-16,23H,5H2,1-4H3,(H,22,27)/t10-,14+,15+,16+,20+/m1/s1. The monoisotopic (exact) mass is 373 g/mol. The third-order valence-corrected chi connectivity index (χ3v) is 6.40. The molecule has 5 atom stereocenters. The highest BCUT2D eigenvalue weighted by Gasteiger charge is 2.71. The van der Waals surface area contributed by atoms with Gasteiger partial charge >= 0.3 is 0 Å². The number of amides is 3. The molecule has 1 spiro atoms. The van der Waals surface area contributed by atoms with Gasteiger partial charge in [-0.15, -0.1) is 0 Å². The first kappa shape index (κ1) is 18.1. The number of nitrogens with zero attached hydrogens (tertiary/aromatic N) is 1. The normalized spacial score (nSPS) is 33.0. The van der Waals surface area contributed by atoms with Crippen molar-refractivity contribution in [1.29, 1.82) is 0 Å². The van der Waals surface area contributed by atoms with Crippen LogP contribution in [0.3, 0.4) is 0 Å². The number of likely N-dealkylation sites (tertiary alicyclic amines) is 1. The molecule has 0 saturated carbocycles. The first-order valence-corrected chi connectivity index (χ1v) is 9.50. The van der Waals surface area contributed by atoms with Gasteiger partial charge in [0.05, 0.1) is 11.8 Å². The van der Waals surface area contributed by atoms with Crippen LogP contribution in [0, 0.1) is 23.6 Å². The third kappa shape index (κ3) is 2.18.